The predicted octanol–water partition coefficient (Wildman–Crippen LogP) is 1.68. The first kappa shape index (κ1) is 16.3. The molecule has 0 bridgehead atoms. The average Bonchev–Trinajstić information content (AvgIpc) is 2.54. The van der Waals surface area contributed by atoms with E-state index in [0.717, 1.165) is 5.56 Å². The molecule has 1 aliphatic heterocycles. The molecule has 0 atom stereocenters. The number of hydrogen-bond donors (Lipinski definition) is 1. The molecule has 1 amide bonds. The van der Waals surface area contributed by atoms with Gasteiger partial charge in [0, 0.05) is 18.6 Å². The van der Waals surface area contributed by atoms with Gasteiger partial charge in [0.15, 0.2) is 0 Å². The van der Waals surface area contributed by atoms with Crippen LogP contribution in [0.1, 0.15) is 24.8 Å². The Labute approximate surface area is 130 Å². The number of methoxy groups -OCH3 is 1. The van der Waals surface area contributed by atoms with Crippen molar-refractivity contribution in [2.24, 2.45) is 5.73 Å². The van der Waals surface area contributed by atoms with E-state index in [4.69, 9.17) is 10.5 Å². The summed E-state index contributed by atoms with van der Waals surface area (Å²) in [6.07, 6.45) is 0.950. The van der Waals surface area contributed by atoms with Crippen LogP contribution in [0, 0.1) is 0 Å². The Morgan fingerprint density at radius 2 is 1.86 bits per heavy atom. The number of esters is 1. The van der Waals surface area contributed by atoms with Gasteiger partial charge in [-0.2, -0.15) is 0 Å². The SMILES string of the molecule is COC(=O)CC1(N)CCN(C(=O)OCc2ccccc2)CC1. The lowest BCUT2D eigenvalue weighted by atomic mass is 9.85. The average molecular weight is 306 g/mol. The van der Waals surface area contributed by atoms with Crippen molar-refractivity contribution in [2.75, 3.05) is 20.2 Å². The highest BCUT2D eigenvalue weighted by molar-refractivity contribution is 5.71. The minimum atomic E-state index is -0.594. The van der Waals surface area contributed by atoms with Gasteiger partial charge in [0.25, 0.3) is 0 Å². The Morgan fingerprint density at radius 3 is 2.45 bits per heavy atom. The fraction of sp³-hybridized carbons (Fsp3) is 0.500. The first-order valence-corrected chi connectivity index (χ1v) is 7.34. The molecule has 1 fully saturated rings. The number of hydrogen-bond acceptors (Lipinski definition) is 5. The van der Waals surface area contributed by atoms with Crippen molar-refractivity contribution in [3.05, 3.63) is 35.9 Å². The summed E-state index contributed by atoms with van der Waals surface area (Å²) in [4.78, 5) is 25.0. The Balaban J connectivity index is 1.78. The van der Waals surface area contributed by atoms with Crippen LogP contribution < -0.4 is 5.73 Å². The molecular formula is C16H22N2O4. The molecule has 6 nitrogen and oxygen atoms in total. The van der Waals surface area contributed by atoms with Gasteiger partial charge in [0.2, 0.25) is 0 Å². The second-order valence-corrected chi connectivity index (χ2v) is 5.64. The molecule has 2 N–H and O–H groups in total. The van der Waals surface area contributed by atoms with E-state index in [1.165, 1.54) is 7.11 Å². The summed E-state index contributed by atoms with van der Waals surface area (Å²) < 4.78 is 9.95. The van der Waals surface area contributed by atoms with E-state index in [0.29, 0.717) is 25.9 Å². The van der Waals surface area contributed by atoms with E-state index in [9.17, 15) is 9.59 Å². The van der Waals surface area contributed by atoms with E-state index < -0.39 is 5.54 Å². The van der Waals surface area contributed by atoms with E-state index in [1.807, 2.05) is 30.3 Å². The van der Waals surface area contributed by atoms with Crippen LogP contribution in [0.25, 0.3) is 0 Å². The molecule has 1 heterocycles. The molecule has 0 saturated carbocycles. The highest BCUT2D eigenvalue weighted by atomic mass is 16.6. The smallest absolute Gasteiger partial charge is 0.410 e. The van der Waals surface area contributed by atoms with Crippen molar-refractivity contribution in [3.8, 4) is 0 Å². The maximum atomic E-state index is 12.0. The number of carbonyl (C=O) groups excluding carboxylic acids is 2. The van der Waals surface area contributed by atoms with Crippen LogP contribution in [0.5, 0.6) is 0 Å². The number of nitrogens with two attached hydrogens (primary N) is 1. The number of carbonyl (C=O) groups is 2. The predicted molar refractivity (Wildman–Crippen MR) is 81.0 cm³/mol. The van der Waals surface area contributed by atoms with Gasteiger partial charge in [-0.3, -0.25) is 4.79 Å². The standard InChI is InChI=1S/C16H22N2O4/c1-21-14(19)11-16(17)7-9-18(10-8-16)15(20)22-12-13-5-3-2-4-6-13/h2-6H,7-12,17H2,1H3. The lowest BCUT2D eigenvalue weighted by Crippen LogP contribution is -2.53. The van der Waals surface area contributed by atoms with E-state index >= 15 is 0 Å². The van der Waals surface area contributed by atoms with Crippen LogP contribution >= 0.6 is 0 Å². The molecule has 0 radical (unpaired) electrons. The third kappa shape index (κ3) is 4.46. The molecule has 1 saturated heterocycles. The van der Waals surface area contributed by atoms with Crippen LogP contribution in [0.15, 0.2) is 30.3 Å². The zero-order valence-corrected chi connectivity index (χ0v) is 12.8. The molecule has 1 aliphatic rings. The minimum Gasteiger partial charge on any atom is -0.469 e. The second kappa shape index (κ2) is 7.26. The molecule has 22 heavy (non-hydrogen) atoms. The molecule has 1 aromatic carbocycles. The van der Waals surface area contributed by atoms with Crippen LogP contribution in [0.2, 0.25) is 0 Å². The van der Waals surface area contributed by atoms with Crippen LogP contribution in [-0.4, -0.2) is 42.7 Å². The summed E-state index contributed by atoms with van der Waals surface area (Å²) in [7, 11) is 1.35. The largest absolute Gasteiger partial charge is 0.469 e. The van der Waals surface area contributed by atoms with Gasteiger partial charge < -0.3 is 20.1 Å². The number of piperidine rings is 1. The van der Waals surface area contributed by atoms with Gasteiger partial charge in [-0.15, -0.1) is 0 Å². The van der Waals surface area contributed by atoms with Crippen LogP contribution in [0.3, 0.4) is 0 Å². The third-order valence-corrected chi connectivity index (χ3v) is 3.95. The summed E-state index contributed by atoms with van der Waals surface area (Å²) in [5.74, 6) is -0.317. The van der Waals surface area contributed by atoms with Crippen molar-refractivity contribution in [1.29, 1.82) is 0 Å². The zero-order chi connectivity index (χ0) is 16.0. The zero-order valence-electron chi connectivity index (χ0n) is 12.8. The van der Waals surface area contributed by atoms with Crippen molar-refractivity contribution in [3.63, 3.8) is 0 Å². The molecule has 0 aromatic heterocycles. The van der Waals surface area contributed by atoms with Crippen LogP contribution in [-0.2, 0) is 20.9 Å². The molecule has 1 aromatic rings. The Hall–Kier alpha value is -2.08. The monoisotopic (exact) mass is 306 g/mol. The van der Waals surface area contributed by atoms with Crippen molar-refractivity contribution >= 4 is 12.1 Å². The minimum absolute atomic E-state index is 0.177. The number of benzene rings is 1. The Morgan fingerprint density at radius 1 is 1.23 bits per heavy atom. The maximum absolute atomic E-state index is 12.0. The molecule has 0 spiro atoms. The second-order valence-electron chi connectivity index (χ2n) is 5.64. The van der Waals surface area contributed by atoms with Gasteiger partial charge in [-0.25, -0.2) is 4.79 Å². The lowest BCUT2D eigenvalue weighted by molar-refractivity contribution is -0.142. The van der Waals surface area contributed by atoms with Crippen molar-refractivity contribution < 1.29 is 19.1 Å². The highest BCUT2D eigenvalue weighted by Crippen LogP contribution is 2.24. The van der Waals surface area contributed by atoms with Gasteiger partial charge in [0.1, 0.15) is 6.61 Å². The van der Waals surface area contributed by atoms with E-state index in [1.54, 1.807) is 4.90 Å². The number of rotatable bonds is 4. The van der Waals surface area contributed by atoms with Gasteiger partial charge in [-0.05, 0) is 18.4 Å². The summed E-state index contributed by atoms with van der Waals surface area (Å²) in [6, 6.07) is 9.53. The third-order valence-electron chi connectivity index (χ3n) is 3.95. The van der Waals surface area contributed by atoms with Crippen LogP contribution in [0.4, 0.5) is 4.79 Å². The number of nitrogens with zero attached hydrogens (tertiary/aromatic N) is 1. The molecule has 120 valence electrons. The number of amides is 1. The normalized spacial score (nSPS) is 16.9. The fourth-order valence-electron chi connectivity index (χ4n) is 2.48. The topological polar surface area (TPSA) is 81.9 Å². The molecule has 6 heteroatoms. The Kier molecular flexibility index (Phi) is 5.38. The number of likely N-dealkylation sites (tertiary alicyclic amines) is 1. The van der Waals surface area contributed by atoms with Gasteiger partial charge in [-0.1, -0.05) is 30.3 Å². The quantitative estimate of drug-likeness (QED) is 0.856. The molecule has 0 aliphatic carbocycles. The molecule has 2 rings (SSSR count). The summed E-state index contributed by atoms with van der Waals surface area (Å²) in [5.41, 5.74) is 6.54. The highest BCUT2D eigenvalue weighted by Gasteiger charge is 2.35. The lowest BCUT2D eigenvalue weighted by Gasteiger charge is -2.37. The van der Waals surface area contributed by atoms with Crippen molar-refractivity contribution in [2.45, 2.75) is 31.4 Å². The maximum Gasteiger partial charge on any atom is 0.410 e. The van der Waals surface area contributed by atoms with Gasteiger partial charge in [0.05, 0.1) is 13.5 Å². The first-order chi connectivity index (χ1) is 10.5. The molecular weight excluding hydrogens is 284 g/mol. The fourth-order valence-corrected chi connectivity index (χ4v) is 2.48. The van der Waals surface area contributed by atoms with Crippen molar-refractivity contribution in [1.82, 2.24) is 4.90 Å². The Bertz CT molecular complexity index is 510. The number of ether oxygens (including phenoxy) is 2. The summed E-state index contributed by atoms with van der Waals surface area (Å²) in [6.45, 7) is 1.23. The van der Waals surface area contributed by atoms with E-state index in [2.05, 4.69) is 4.74 Å². The summed E-state index contributed by atoms with van der Waals surface area (Å²) >= 11 is 0. The first-order valence-electron chi connectivity index (χ1n) is 7.34. The summed E-state index contributed by atoms with van der Waals surface area (Å²) in [5, 5.41) is 0. The van der Waals surface area contributed by atoms with Gasteiger partial charge >= 0.3 is 12.1 Å². The molecule has 0 unspecified atom stereocenters. The van der Waals surface area contributed by atoms with E-state index in [-0.39, 0.29) is 25.1 Å².